The molecule has 0 aromatic rings. The third kappa shape index (κ3) is 4.51. The molecule has 6 heteroatoms. The van der Waals surface area contributed by atoms with Gasteiger partial charge in [0.05, 0.1) is 0 Å². The fraction of sp³-hybridized carbons (Fsp3) is 0. The van der Waals surface area contributed by atoms with Crippen molar-refractivity contribution < 1.29 is 34.9 Å². The average molecular weight is 286 g/mol. The van der Waals surface area contributed by atoms with E-state index in [0.29, 0.717) is 19.0 Å². The molecule has 0 rings (SSSR count). The Balaban J connectivity index is 3.85. The summed E-state index contributed by atoms with van der Waals surface area (Å²) in [4.78, 5) is 0. The van der Waals surface area contributed by atoms with Gasteiger partial charge >= 0.3 is 45.3 Å². The third-order valence-corrected chi connectivity index (χ3v) is 1.77. The molecule has 0 saturated carbocycles. The molecular formula is O4OsS-. The van der Waals surface area contributed by atoms with Gasteiger partial charge in [0, 0.05) is 0 Å². The van der Waals surface area contributed by atoms with E-state index in [1.807, 2.05) is 0 Å². The van der Waals surface area contributed by atoms with Gasteiger partial charge in [0.25, 0.3) is 0 Å². The van der Waals surface area contributed by atoms with Gasteiger partial charge in [0.2, 0.25) is 0 Å². The fourth-order valence-corrected chi connectivity index (χ4v) is 0. The second kappa shape index (κ2) is 1.98. The van der Waals surface area contributed by atoms with Crippen LogP contribution >= 0.6 is 0 Å². The van der Waals surface area contributed by atoms with E-state index in [-0.39, 0.29) is 0 Å². The van der Waals surface area contributed by atoms with Crippen LogP contribution in [-0.4, -0.2) is 13.0 Å². The van der Waals surface area contributed by atoms with Gasteiger partial charge < -0.3 is 0 Å². The molecule has 0 unspecified atom stereocenters. The SMILES string of the molecule is O=S(=O)([O-])[O][Os]. The zero-order valence-corrected chi connectivity index (χ0v) is 5.75. The summed E-state index contributed by atoms with van der Waals surface area (Å²) in [5.41, 5.74) is 0. The molecule has 0 spiro atoms. The second-order valence-electron chi connectivity index (χ2n) is 0.467. The topological polar surface area (TPSA) is 66.4 Å². The summed E-state index contributed by atoms with van der Waals surface area (Å²) in [5, 5.41) is 0. The predicted molar refractivity (Wildman–Crippen MR) is 10.8 cm³/mol. The fourth-order valence-electron chi connectivity index (χ4n) is 0. The van der Waals surface area contributed by atoms with E-state index < -0.39 is 10.4 Å². The Morgan fingerprint density at radius 2 is 1.83 bits per heavy atom. The van der Waals surface area contributed by atoms with E-state index >= 15 is 0 Å². The maximum absolute atomic E-state index is 9.23. The molecule has 0 fully saturated rings. The first kappa shape index (κ1) is 6.51. The molecule has 0 aromatic carbocycles. The number of hydrogen-bond acceptors (Lipinski definition) is 4. The minimum atomic E-state index is -4.40. The van der Waals surface area contributed by atoms with Crippen molar-refractivity contribution in [1.29, 1.82) is 0 Å². The molecule has 0 bridgehead atoms. The van der Waals surface area contributed by atoms with Crippen molar-refractivity contribution >= 4 is 10.4 Å². The molecule has 0 aliphatic carbocycles. The van der Waals surface area contributed by atoms with E-state index in [4.69, 9.17) is 0 Å². The van der Waals surface area contributed by atoms with Crippen LogP contribution < -0.4 is 0 Å². The summed E-state index contributed by atoms with van der Waals surface area (Å²) in [6.07, 6.45) is 0. The van der Waals surface area contributed by atoms with Gasteiger partial charge in [-0.3, -0.25) is 0 Å². The van der Waals surface area contributed by atoms with E-state index in [1.165, 1.54) is 0 Å². The third-order valence-electron chi connectivity index (χ3n) is 0.0722. The van der Waals surface area contributed by atoms with Crippen LogP contribution in [0.25, 0.3) is 0 Å². The summed E-state index contributed by atoms with van der Waals surface area (Å²) in [6.45, 7) is 0. The summed E-state index contributed by atoms with van der Waals surface area (Å²) in [5.74, 6) is 0. The van der Waals surface area contributed by atoms with E-state index in [9.17, 15) is 13.0 Å². The summed E-state index contributed by atoms with van der Waals surface area (Å²) in [6, 6.07) is 0. The minimum absolute atomic E-state index is 0.636. The van der Waals surface area contributed by atoms with Gasteiger partial charge in [-0.15, -0.1) is 0 Å². The normalized spacial score (nSPS) is 11.7. The monoisotopic (exact) mass is 288 g/mol. The van der Waals surface area contributed by atoms with Crippen molar-refractivity contribution in [3.63, 3.8) is 0 Å². The van der Waals surface area contributed by atoms with E-state index in [1.54, 1.807) is 0 Å². The van der Waals surface area contributed by atoms with Gasteiger partial charge in [-0.25, -0.2) is 0 Å². The Kier molecular flexibility index (Phi) is 2.15. The van der Waals surface area contributed by atoms with Gasteiger partial charge in [-0.1, -0.05) is 0 Å². The molecule has 0 aliphatic heterocycles. The molecular weight excluding hydrogens is 286 g/mol. The van der Waals surface area contributed by atoms with Gasteiger partial charge in [-0.2, -0.15) is 0 Å². The van der Waals surface area contributed by atoms with Gasteiger partial charge in [-0.05, 0) is 0 Å². The van der Waals surface area contributed by atoms with Gasteiger partial charge in [0.1, 0.15) is 0 Å². The second-order valence-corrected chi connectivity index (χ2v) is 2.67. The molecule has 0 aliphatic rings. The van der Waals surface area contributed by atoms with Crippen LogP contribution in [0.4, 0.5) is 0 Å². The van der Waals surface area contributed by atoms with Crippen molar-refractivity contribution in [2.24, 2.45) is 0 Å². The van der Waals surface area contributed by atoms with E-state index in [0.717, 1.165) is 0 Å². The zero-order chi connectivity index (χ0) is 5.21. The van der Waals surface area contributed by atoms with Crippen molar-refractivity contribution in [3.05, 3.63) is 0 Å². The standard InChI is InChI=1S/H2O4S.Os/c1-5(2,3)4;/h(H2,1,2,3,4);/q;+1/p-2. The molecule has 0 radical (unpaired) electrons. The quantitative estimate of drug-likeness (QED) is 0.454. The Morgan fingerprint density at radius 3 is 1.83 bits per heavy atom. The Hall–Kier alpha value is 0.506. The number of rotatable bonds is 1. The van der Waals surface area contributed by atoms with Crippen LogP contribution in [0.15, 0.2) is 0 Å². The van der Waals surface area contributed by atoms with Gasteiger partial charge in [0.15, 0.2) is 0 Å². The van der Waals surface area contributed by atoms with E-state index in [2.05, 4.69) is 2.98 Å². The van der Waals surface area contributed by atoms with Crippen molar-refractivity contribution in [2.45, 2.75) is 0 Å². The molecule has 39 valence electrons. The molecule has 6 heavy (non-hydrogen) atoms. The predicted octanol–water partition coefficient (Wildman–Crippen LogP) is -1.07. The zero-order valence-electron chi connectivity index (χ0n) is 2.39. The Morgan fingerprint density at radius 1 is 1.67 bits per heavy atom. The average Bonchev–Trinajstić information content (AvgIpc) is 1.35. The summed E-state index contributed by atoms with van der Waals surface area (Å²) >= 11 is 0.636. The van der Waals surface area contributed by atoms with Crippen LogP contribution in [0.5, 0.6) is 0 Å². The van der Waals surface area contributed by atoms with Crippen LogP contribution in [0, 0.1) is 0 Å². The van der Waals surface area contributed by atoms with Crippen LogP contribution in [0.3, 0.4) is 0 Å². The summed E-state index contributed by atoms with van der Waals surface area (Å²) in [7, 11) is -4.40. The molecule has 0 N–H and O–H groups in total. The molecule has 0 saturated heterocycles. The Bertz CT molecular complexity index is 110. The first-order valence-electron chi connectivity index (χ1n) is 0.811. The van der Waals surface area contributed by atoms with Crippen molar-refractivity contribution in [3.8, 4) is 0 Å². The molecule has 4 nitrogen and oxygen atoms in total. The summed E-state index contributed by atoms with van der Waals surface area (Å²) < 4.78 is 31.1. The van der Waals surface area contributed by atoms with Crippen molar-refractivity contribution in [1.82, 2.24) is 0 Å². The first-order valence-corrected chi connectivity index (χ1v) is 3.18. The molecule has 0 aromatic heterocycles. The maximum atomic E-state index is 9.23. The Labute approximate surface area is 45.8 Å². The molecule has 0 atom stereocenters. The van der Waals surface area contributed by atoms with Crippen LogP contribution in [-0.2, 0) is 32.3 Å². The van der Waals surface area contributed by atoms with Crippen LogP contribution in [0.1, 0.15) is 0 Å². The first-order chi connectivity index (χ1) is 2.56. The van der Waals surface area contributed by atoms with Crippen molar-refractivity contribution in [2.75, 3.05) is 0 Å². The van der Waals surface area contributed by atoms with Crippen LogP contribution in [0.2, 0.25) is 0 Å². The molecule has 0 amide bonds. The molecule has 0 heterocycles. The number of hydrogen-bond donors (Lipinski definition) is 0.